The molecule has 0 radical (unpaired) electrons. The second-order valence-electron chi connectivity index (χ2n) is 3.90. The first-order valence-electron chi connectivity index (χ1n) is 5.76. The maximum Gasteiger partial charge on any atom is 0.225 e. The molecule has 2 N–H and O–H groups in total. The van der Waals surface area contributed by atoms with E-state index >= 15 is 0 Å². The van der Waals surface area contributed by atoms with Crippen LogP contribution >= 0.6 is 22.6 Å². The van der Waals surface area contributed by atoms with Crippen molar-refractivity contribution in [2.75, 3.05) is 18.0 Å². The van der Waals surface area contributed by atoms with Crippen LogP contribution in [0, 0.1) is 3.57 Å². The number of nitrogens with two attached hydrogens (primary N) is 1. The van der Waals surface area contributed by atoms with Gasteiger partial charge in [0.15, 0.2) is 0 Å². The van der Waals surface area contributed by atoms with Gasteiger partial charge in [0.2, 0.25) is 5.95 Å². The number of aromatic nitrogens is 2. The second-order valence-corrected chi connectivity index (χ2v) is 5.14. The molecule has 5 heteroatoms. The zero-order valence-corrected chi connectivity index (χ0v) is 12.1. The van der Waals surface area contributed by atoms with Gasteiger partial charge >= 0.3 is 0 Å². The molecule has 0 atom stereocenters. The number of hydrogen-bond donors (Lipinski definition) is 1. The zero-order chi connectivity index (χ0) is 12.8. The highest BCUT2D eigenvalue weighted by molar-refractivity contribution is 14.1. The lowest BCUT2D eigenvalue weighted by Gasteiger charge is -2.21. The van der Waals surface area contributed by atoms with Gasteiger partial charge in [-0.25, -0.2) is 9.97 Å². The van der Waals surface area contributed by atoms with Crippen molar-refractivity contribution >= 4 is 28.5 Å². The molecule has 0 saturated heterocycles. The maximum absolute atomic E-state index is 5.65. The van der Waals surface area contributed by atoms with Crippen LogP contribution < -0.4 is 10.6 Å². The van der Waals surface area contributed by atoms with E-state index in [0.717, 1.165) is 22.6 Å². The Morgan fingerprint density at radius 3 is 2.39 bits per heavy atom. The van der Waals surface area contributed by atoms with Gasteiger partial charge in [-0.1, -0.05) is 30.3 Å². The molecule has 4 nitrogen and oxygen atoms in total. The molecule has 0 aliphatic carbocycles. The lowest BCUT2D eigenvalue weighted by atomic mass is 10.2. The van der Waals surface area contributed by atoms with E-state index in [0.29, 0.717) is 6.54 Å². The first-order chi connectivity index (χ1) is 8.79. The minimum absolute atomic E-state index is 0.585. The molecule has 94 valence electrons. The molecule has 1 heterocycles. The van der Waals surface area contributed by atoms with E-state index < -0.39 is 0 Å². The number of nitrogens with zero attached hydrogens (tertiary/aromatic N) is 3. The van der Waals surface area contributed by atoms with Crippen LogP contribution in [0.2, 0.25) is 0 Å². The zero-order valence-electron chi connectivity index (χ0n) is 9.96. The largest absolute Gasteiger partial charge is 0.335 e. The second kappa shape index (κ2) is 6.65. The Morgan fingerprint density at radius 1 is 1.11 bits per heavy atom. The molecule has 0 spiro atoms. The summed E-state index contributed by atoms with van der Waals surface area (Å²) in [6.07, 6.45) is 3.63. The van der Waals surface area contributed by atoms with Crippen molar-refractivity contribution in [1.82, 2.24) is 9.97 Å². The summed E-state index contributed by atoms with van der Waals surface area (Å²) in [4.78, 5) is 10.8. The van der Waals surface area contributed by atoms with E-state index in [1.807, 2.05) is 30.6 Å². The summed E-state index contributed by atoms with van der Waals surface area (Å²) in [6.45, 7) is 2.11. The average molecular weight is 354 g/mol. The van der Waals surface area contributed by atoms with Crippen LogP contribution in [0.4, 0.5) is 5.95 Å². The third-order valence-corrected chi connectivity index (χ3v) is 3.06. The van der Waals surface area contributed by atoms with Crippen molar-refractivity contribution in [3.63, 3.8) is 0 Å². The number of halogens is 1. The number of rotatable bonds is 5. The minimum atomic E-state index is 0.585. The third-order valence-electron chi connectivity index (χ3n) is 2.50. The molecule has 0 aliphatic rings. The van der Waals surface area contributed by atoms with E-state index in [2.05, 4.69) is 49.6 Å². The SMILES string of the molecule is NCCN(Cc1ccccc1)c1ncc(I)cn1. The molecule has 1 aromatic carbocycles. The summed E-state index contributed by atoms with van der Waals surface area (Å²) in [6, 6.07) is 10.3. The van der Waals surface area contributed by atoms with Gasteiger partial charge in [0.25, 0.3) is 0 Å². The quantitative estimate of drug-likeness (QED) is 0.835. The molecule has 0 unspecified atom stereocenters. The Labute approximate surface area is 120 Å². The summed E-state index contributed by atoms with van der Waals surface area (Å²) < 4.78 is 1.03. The number of benzene rings is 1. The normalized spacial score (nSPS) is 10.3. The predicted molar refractivity (Wildman–Crippen MR) is 81.3 cm³/mol. The van der Waals surface area contributed by atoms with Gasteiger partial charge in [0.05, 0.1) is 0 Å². The van der Waals surface area contributed by atoms with Crippen molar-refractivity contribution < 1.29 is 0 Å². The fourth-order valence-electron chi connectivity index (χ4n) is 1.68. The van der Waals surface area contributed by atoms with Crippen molar-refractivity contribution in [2.45, 2.75) is 6.54 Å². The van der Waals surface area contributed by atoms with Crippen LogP contribution in [0.25, 0.3) is 0 Å². The van der Waals surface area contributed by atoms with E-state index in [1.165, 1.54) is 5.56 Å². The van der Waals surface area contributed by atoms with E-state index in [-0.39, 0.29) is 0 Å². The number of hydrogen-bond acceptors (Lipinski definition) is 4. The molecule has 0 amide bonds. The lowest BCUT2D eigenvalue weighted by Crippen LogP contribution is -2.30. The van der Waals surface area contributed by atoms with Crippen LogP contribution in [0.3, 0.4) is 0 Å². The fourth-order valence-corrected chi connectivity index (χ4v) is 1.96. The molecule has 0 fully saturated rings. The van der Waals surface area contributed by atoms with Crippen LogP contribution in [0.15, 0.2) is 42.7 Å². The summed E-state index contributed by atoms with van der Waals surface area (Å²) in [7, 11) is 0. The van der Waals surface area contributed by atoms with Gasteiger partial charge in [-0.05, 0) is 28.2 Å². The van der Waals surface area contributed by atoms with Crippen LogP contribution in [0.5, 0.6) is 0 Å². The Bertz CT molecular complexity index is 472. The molecule has 2 rings (SSSR count). The van der Waals surface area contributed by atoms with Gasteiger partial charge in [-0.2, -0.15) is 0 Å². The third kappa shape index (κ3) is 3.64. The van der Waals surface area contributed by atoms with Crippen molar-refractivity contribution in [3.8, 4) is 0 Å². The lowest BCUT2D eigenvalue weighted by molar-refractivity contribution is 0.757. The van der Waals surface area contributed by atoms with Gasteiger partial charge in [0, 0.05) is 35.6 Å². The summed E-state index contributed by atoms with van der Waals surface area (Å²) >= 11 is 2.20. The summed E-state index contributed by atoms with van der Waals surface area (Å²) in [5, 5.41) is 0. The van der Waals surface area contributed by atoms with Gasteiger partial charge in [0.1, 0.15) is 0 Å². The molecular formula is C13H15IN4. The Hall–Kier alpha value is -1.21. The maximum atomic E-state index is 5.65. The molecule has 0 aliphatic heterocycles. The number of anilines is 1. The first-order valence-corrected chi connectivity index (χ1v) is 6.84. The standard InChI is InChI=1S/C13H15IN4/c14-12-8-16-13(17-9-12)18(7-6-15)10-11-4-2-1-3-5-11/h1-5,8-9H,6-7,10,15H2. The highest BCUT2D eigenvalue weighted by Crippen LogP contribution is 2.12. The fraction of sp³-hybridized carbons (Fsp3) is 0.231. The highest BCUT2D eigenvalue weighted by atomic mass is 127. The van der Waals surface area contributed by atoms with Crippen LogP contribution in [-0.4, -0.2) is 23.1 Å². The minimum Gasteiger partial charge on any atom is -0.335 e. The molecule has 18 heavy (non-hydrogen) atoms. The molecule has 0 bridgehead atoms. The topological polar surface area (TPSA) is 55.0 Å². The van der Waals surface area contributed by atoms with E-state index in [4.69, 9.17) is 5.73 Å². The Morgan fingerprint density at radius 2 is 1.78 bits per heavy atom. The van der Waals surface area contributed by atoms with Gasteiger partial charge in [-0.15, -0.1) is 0 Å². The predicted octanol–water partition coefficient (Wildman–Crippen LogP) is 2.05. The highest BCUT2D eigenvalue weighted by Gasteiger charge is 2.09. The van der Waals surface area contributed by atoms with Crippen molar-refractivity contribution in [1.29, 1.82) is 0 Å². The monoisotopic (exact) mass is 354 g/mol. The van der Waals surface area contributed by atoms with Gasteiger partial charge in [-0.3, -0.25) is 0 Å². The molecule has 2 aromatic rings. The average Bonchev–Trinajstić information content (AvgIpc) is 2.40. The summed E-state index contributed by atoms with van der Waals surface area (Å²) in [5.41, 5.74) is 6.88. The van der Waals surface area contributed by atoms with E-state index in [1.54, 1.807) is 0 Å². The first kappa shape index (κ1) is 13.2. The van der Waals surface area contributed by atoms with Crippen LogP contribution in [-0.2, 0) is 6.54 Å². The molecule has 1 aromatic heterocycles. The summed E-state index contributed by atoms with van der Waals surface area (Å²) in [5.74, 6) is 0.727. The Kier molecular flexibility index (Phi) is 4.89. The van der Waals surface area contributed by atoms with Crippen molar-refractivity contribution in [3.05, 3.63) is 51.9 Å². The smallest absolute Gasteiger partial charge is 0.225 e. The Balaban J connectivity index is 2.15. The van der Waals surface area contributed by atoms with Crippen molar-refractivity contribution in [2.24, 2.45) is 5.73 Å². The molecule has 0 saturated carbocycles. The van der Waals surface area contributed by atoms with E-state index in [9.17, 15) is 0 Å². The van der Waals surface area contributed by atoms with Gasteiger partial charge < -0.3 is 10.6 Å². The molecular weight excluding hydrogens is 339 g/mol. The van der Waals surface area contributed by atoms with Crippen LogP contribution in [0.1, 0.15) is 5.56 Å².